The fourth-order valence-corrected chi connectivity index (χ4v) is 1.87. The first kappa shape index (κ1) is 12.0. The summed E-state index contributed by atoms with van der Waals surface area (Å²) < 4.78 is 0. The second-order valence-corrected chi connectivity index (χ2v) is 4.01. The smallest absolute Gasteiger partial charge is 0.150 e. The Kier molecular flexibility index (Phi) is 3.53. The van der Waals surface area contributed by atoms with Gasteiger partial charge in [-0.3, -0.25) is 9.59 Å². The minimum absolute atomic E-state index is 0.0226. The molecule has 0 amide bonds. The molecule has 0 aliphatic rings. The number of rotatable bonds is 4. The van der Waals surface area contributed by atoms with Crippen LogP contribution in [0.5, 0.6) is 5.75 Å². The van der Waals surface area contributed by atoms with Gasteiger partial charge in [-0.05, 0) is 17.7 Å². The fraction of sp³-hybridized carbons (Fsp3) is 0.0667. The van der Waals surface area contributed by atoms with Gasteiger partial charge in [0, 0.05) is 23.1 Å². The molecule has 90 valence electrons. The Morgan fingerprint density at radius 1 is 1.00 bits per heavy atom. The Balaban J connectivity index is 2.44. The summed E-state index contributed by atoms with van der Waals surface area (Å²) in [7, 11) is 0. The lowest BCUT2D eigenvalue weighted by atomic mass is 9.97. The first-order valence-corrected chi connectivity index (χ1v) is 5.54. The molecule has 0 radical (unpaired) electrons. The summed E-state index contributed by atoms with van der Waals surface area (Å²) in [5.41, 5.74) is 2.18. The van der Waals surface area contributed by atoms with Crippen LogP contribution in [-0.2, 0) is 6.42 Å². The number of aromatic hydroxyl groups is 1. The van der Waals surface area contributed by atoms with Crippen molar-refractivity contribution in [2.24, 2.45) is 0 Å². The molecule has 0 bridgehead atoms. The maximum absolute atomic E-state index is 11.0. The summed E-state index contributed by atoms with van der Waals surface area (Å²) in [6, 6.07) is 12.4. The van der Waals surface area contributed by atoms with Gasteiger partial charge < -0.3 is 5.11 Å². The molecule has 0 heterocycles. The molecule has 0 aromatic heterocycles. The highest BCUT2D eigenvalue weighted by atomic mass is 16.3. The highest BCUT2D eigenvalue weighted by Gasteiger charge is 2.10. The van der Waals surface area contributed by atoms with E-state index in [0.717, 1.165) is 5.56 Å². The van der Waals surface area contributed by atoms with Crippen LogP contribution in [0.4, 0.5) is 0 Å². The highest BCUT2D eigenvalue weighted by Crippen LogP contribution is 2.25. The lowest BCUT2D eigenvalue weighted by Gasteiger charge is -2.08. The molecule has 0 fully saturated rings. The van der Waals surface area contributed by atoms with Crippen LogP contribution in [0.2, 0.25) is 0 Å². The minimum Gasteiger partial charge on any atom is -0.508 e. The lowest BCUT2D eigenvalue weighted by molar-refractivity contribution is 0.112. The van der Waals surface area contributed by atoms with E-state index in [1.165, 1.54) is 12.1 Å². The van der Waals surface area contributed by atoms with Crippen molar-refractivity contribution in [3.8, 4) is 5.75 Å². The van der Waals surface area contributed by atoms with Crippen LogP contribution in [0.3, 0.4) is 0 Å². The summed E-state index contributed by atoms with van der Waals surface area (Å²) in [6.07, 6.45) is 1.73. The van der Waals surface area contributed by atoms with Gasteiger partial charge in [0.25, 0.3) is 0 Å². The topological polar surface area (TPSA) is 54.4 Å². The predicted molar refractivity (Wildman–Crippen MR) is 68.1 cm³/mol. The average molecular weight is 240 g/mol. The molecular weight excluding hydrogens is 228 g/mol. The van der Waals surface area contributed by atoms with Gasteiger partial charge >= 0.3 is 0 Å². The third-order valence-electron chi connectivity index (χ3n) is 2.77. The molecule has 1 N–H and O–H groups in total. The van der Waals surface area contributed by atoms with E-state index in [-0.39, 0.29) is 5.75 Å². The van der Waals surface area contributed by atoms with E-state index >= 15 is 0 Å². The largest absolute Gasteiger partial charge is 0.508 e. The second-order valence-electron chi connectivity index (χ2n) is 4.01. The molecule has 0 spiro atoms. The van der Waals surface area contributed by atoms with Crippen LogP contribution in [0.1, 0.15) is 31.8 Å². The molecule has 0 saturated heterocycles. The number of carbonyl (C=O) groups is 2. The van der Waals surface area contributed by atoms with E-state index in [4.69, 9.17) is 0 Å². The number of benzene rings is 2. The third-order valence-corrected chi connectivity index (χ3v) is 2.77. The van der Waals surface area contributed by atoms with Crippen molar-refractivity contribution < 1.29 is 14.7 Å². The van der Waals surface area contributed by atoms with Crippen LogP contribution in [0.15, 0.2) is 42.5 Å². The van der Waals surface area contributed by atoms with Crippen LogP contribution in [0.25, 0.3) is 0 Å². The molecule has 0 aliphatic heterocycles. The molecule has 0 saturated carbocycles. The Bertz CT molecular complexity index is 574. The Labute approximate surface area is 105 Å². The van der Waals surface area contributed by atoms with Crippen LogP contribution >= 0.6 is 0 Å². The third kappa shape index (κ3) is 2.46. The van der Waals surface area contributed by atoms with E-state index < -0.39 is 0 Å². The van der Waals surface area contributed by atoms with E-state index in [0.29, 0.717) is 35.7 Å². The molecule has 2 aromatic rings. The zero-order valence-corrected chi connectivity index (χ0v) is 9.67. The lowest BCUT2D eigenvalue weighted by Crippen LogP contribution is -1.97. The normalized spacial score (nSPS) is 10.0. The van der Waals surface area contributed by atoms with E-state index in [1.54, 1.807) is 0 Å². The van der Waals surface area contributed by atoms with Gasteiger partial charge in [-0.2, -0.15) is 0 Å². The standard InChI is InChI=1S/C15H12O3/c16-9-12-6-13(10-17)14(15(18)8-12)7-11-4-2-1-3-5-11/h1-6,8-10,18H,7H2. The number of aldehydes is 2. The molecule has 3 nitrogen and oxygen atoms in total. The molecule has 0 aliphatic carbocycles. The molecule has 0 unspecified atom stereocenters. The number of hydrogen-bond acceptors (Lipinski definition) is 3. The summed E-state index contributed by atoms with van der Waals surface area (Å²) in [5.74, 6) is -0.0226. The number of hydrogen-bond donors (Lipinski definition) is 1. The van der Waals surface area contributed by atoms with Crippen molar-refractivity contribution in [1.82, 2.24) is 0 Å². The first-order chi connectivity index (χ1) is 8.74. The van der Waals surface area contributed by atoms with E-state index in [2.05, 4.69) is 0 Å². The van der Waals surface area contributed by atoms with Gasteiger partial charge in [-0.1, -0.05) is 30.3 Å². The fourth-order valence-electron chi connectivity index (χ4n) is 1.87. The summed E-state index contributed by atoms with van der Waals surface area (Å²) in [5, 5.41) is 9.88. The van der Waals surface area contributed by atoms with Crippen molar-refractivity contribution in [2.45, 2.75) is 6.42 Å². The van der Waals surface area contributed by atoms with Gasteiger partial charge in [-0.25, -0.2) is 0 Å². The monoisotopic (exact) mass is 240 g/mol. The maximum atomic E-state index is 11.0. The van der Waals surface area contributed by atoms with E-state index in [1.807, 2.05) is 30.3 Å². The molecule has 0 atom stereocenters. The summed E-state index contributed by atoms with van der Waals surface area (Å²) in [6.45, 7) is 0. The average Bonchev–Trinajstić information content (AvgIpc) is 2.42. The molecule has 3 heteroatoms. The molecule has 18 heavy (non-hydrogen) atoms. The maximum Gasteiger partial charge on any atom is 0.150 e. The Morgan fingerprint density at radius 2 is 1.72 bits per heavy atom. The van der Waals surface area contributed by atoms with Crippen molar-refractivity contribution in [3.05, 3.63) is 64.7 Å². The quantitative estimate of drug-likeness (QED) is 0.836. The van der Waals surface area contributed by atoms with Gasteiger partial charge in [-0.15, -0.1) is 0 Å². The minimum atomic E-state index is -0.0226. The predicted octanol–water partition coefficient (Wildman–Crippen LogP) is 2.61. The summed E-state index contributed by atoms with van der Waals surface area (Å²) in [4.78, 5) is 21.7. The van der Waals surface area contributed by atoms with Gasteiger partial charge in [0.1, 0.15) is 18.3 Å². The zero-order valence-electron chi connectivity index (χ0n) is 9.67. The van der Waals surface area contributed by atoms with Crippen LogP contribution in [-0.4, -0.2) is 17.7 Å². The van der Waals surface area contributed by atoms with Crippen molar-refractivity contribution in [3.63, 3.8) is 0 Å². The number of carbonyl (C=O) groups excluding carboxylic acids is 2. The highest BCUT2D eigenvalue weighted by molar-refractivity contribution is 5.85. The van der Waals surface area contributed by atoms with Crippen molar-refractivity contribution in [2.75, 3.05) is 0 Å². The molecule has 2 rings (SSSR count). The molecule has 2 aromatic carbocycles. The Hall–Kier alpha value is -2.42. The van der Waals surface area contributed by atoms with Gasteiger partial charge in [0.15, 0.2) is 0 Å². The second kappa shape index (κ2) is 5.27. The summed E-state index contributed by atoms with van der Waals surface area (Å²) >= 11 is 0. The van der Waals surface area contributed by atoms with Crippen molar-refractivity contribution >= 4 is 12.6 Å². The van der Waals surface area contributed by atoms with E-state index in [9.17, 15) is 14.7 Å². The van der Waals surface area contributed by atoms with Gasteiger partial charge in [0.2, 0.25) is 0 Å². The number of phenolic OH excluding ortho intramolecular Hbond substituents is 1. The van der Waals surface area contributed by atoms with Crippen molar-refractivity contribution in [1.29, 1.82) is 0 Å². The zero-order chi connectivity index (χ0) is 13.0. The van der Waals surface area contributed by atoms with Crippen LogP contribution in [0, 0.1) is 0 Å². The molecular formula is C15H12O3. The SMILES string of the molecule is O=Cc1cc(O)c(Cc2ccccc2)c(C=O)c1. The first-order valence-electron chi connectivity index (χ1n) is 5.54. The van der Waals surface area contributed by atoms with Crippen LogP contribution < -0.4 is 0 Å². The van der Waals surface area contributed by atoms with Gasteiger partial charge in [0.05, 0.1) is 0 Å². The number of phenols is 1. The Morgan fingerprint density at radius 3 is 2.33 bits per heavy atom.